The number of hydrogen-bond donors (Lipinski definition) is 3. The minimum Gasteiger partial charge on any atom is -0.465 e. The topological polar surface area (TPSA) is 96.5 Å². The lowest BCUT2D eigenvalue weighted by Crippen LogP contribution is -2.53. The molecule has 0 radical (unpaired) electrons. The van der Waals surface area contributed by atoms with Crippen molar-refractivity contribution in [3.8, 4) is 0 Å². The molecule has 2 aromatic rings. The van der Waals surface area contributed by atoms with Crippen LogP contribution in [0.4, 0.5) is 4.79 Å². The number of hydrogen-bond acceptors (Lipinski definition) is 4. The largest absolute Gasteiger partial charge is 0.465 e. The number of urea groups is 1. The summed E-state index contributed by atoms with van der Waals surface area (Å²) in [6.45, 7) is 5.85. The molecule has 172 valence electrons. The average molecular weight is 440 g/mol. The van der Waals surface area contributed by atoms with Gasteiger partial charge < -0.3 is 20.7 Å². The first-order valence-corrected chi connectivity index (χ1v) is 11.0. The minimum atomic E-state index is -0.718. The van der Waals surface area contributed by atoms with E-state index < -0.39 is 18.0 Å². The van der Waals surface area contributed by atoms with Gasteiger partial charge >= 0.3 is 12.0 Å². The Morgan fingerprint density at radius 1 is 0.875 bits per heavy atom. The third kappa shape index (κ3) is 8.06. The van der Waals surface area contributed by atoms with Crippen LogP contribution in [-0.4, -0.2) is 43.6 Å². The summed E-state index contributed by atoms with van der Waals surface area (Å²) in [5.41, 5.74) is 2.37. The van der Waals surface area contributed by atoms with Crippen LogP contribution in [0.3, 0.4) is 0 Å². The third-order valence-electron chi connectivity index (χ3n) is 5.07. The highest BCUT2D eigenvalue weighted by atomic mass is 16.5. The van der Waals surface area contributed by atoms with E-state index in [1.807, 2.05) is 50.2 Å². The standard InChI is InChI=1S/C25H33N3O4/c1-4-32-22(29)17-27-25(31)28-23(18(2)3)24(30)26-16-15-21(19-11-7-5-8-12-19)20-13-9-6-10-14-20/h5-14,18,21,23H,4,15-17H2,1-3H3,(H,26,30)(H2,27,28,31). The molecule has 0 spiro atoms. The van der Waals surface area contributed by atoms with Crippen molar-refractivity contribution in [3.63, 3.8) is 0 Å². The molecule has 0 heterocycles. The van der Waals surface area contributed by atoms with Crippen molar-refractivity contribution < 1.29 is 19.1 Å². The highest BCUT2D eigenvalue weighted by Crippen LogP contribution is 2.27. The van der Waals surface area contributed by atoms with E-state index in [0.29, 0.717) is 6.54 Å². The van der Waals surface area contributed by atoms with E-state index >= 15 is 0 Å². The fraction of sp³-hybridized carbons (Fsp3) is 0.400. The fourth-order valence-corrected chi connectivity index (χ4v) is 3.44. The van der Waals surface area contributed by atoms with Crippen molar-refractivity contribution in [1.82, 2.24) is 16.0 Å². The zero-order chi connectivity index (χ0) is 23.3. The first-order chi connectivity index (χ1) is 15.4. The normalized spacial score (nSPS) is 11.7. The Kier molecular flexibility index (Phi) is 10.2. The number of esters is 1. The summed E-state index contributed by atoms with van der Waals surface area (Å²) in [5.74, 6) is -0.759. The maximum absolute atomic E-state index is 12.8. The molecular formula is C25H33N3O4. The summed E-state index contributed by atoms with van der Waals surface area (Å²) in [4.78, 5) is 36.3. The van der Waals surface area contributed by atoms with Crippen LogP contribution in [0.15, 0.2) is 60.7 Å². The van der Waals surface area contributed by atoms with Crippen molar-refractivity contribution in [2.24, 2.45) is 5.92 Å². The van der Waals surface area contributed by atoms with E-state index in [0.717, 1.165) is 6.42 Å². The van der Waals surface area contributed by atoms with Crippen LogP contribution in [0.2, 0.25) is 0 Å². The number of ether oxygens (including phenoxy) is 1. The van der Waals surface area contributed by atoms with Gasteiger partial charge in [-0.15, -0.1) is 0 Å². The number of benzene rings is 2. The number of nitrogens with one attached hydrogen (secondary N) is 3. The van der Waals surface area contributed by atoms with E-state index in [2.05, 4.69) is 40.2 Å². The van der Waals surface area contributed by atoms with E-state index in [-0.39, 0.29) is 30.9 Å². The van der Waals surface area contributed by atoms with Gasteiger partial charge in [-0.05, 0) is 30.4 Å². The fourth-order valence-electron chi connectivity index (χ4n) is 3.44. The molecule has 0 bridgehead atoms. The summed E-state index contributed by atoms with van der Waals surface area (Å²) in [6.07, 6.45) is 0.722. The average Bonchev–Trinajstić information content (AvgIpc) is 2.80. The molecule has 0 saturated heterocycles. The molecule has 32 heavy (non-hydrogen) atoms. The molecule has 7 heteroatoms. The first-order valence-electron chi connectivity index (χ1n) is 11.0. The van der Waals surface area contributed by atoms with Crippen molar-refractivity contribution >= 4 is 17.9 Å². The molecule has 3 N–H and O–H groups in total. The monoisotopic (exact) mass is 439 g/mol. The molecule has 0 aromatic heterocycles. The molecule has 0 aliphatic carbocycles. The second kappa shape index (κ2) is 13.1. The number of amides is 3. The number of rotatable bonds is 11. The Labute approximate surface area is 189 Å². The Balaban J connectivity index is 1.93. The van der Waals surface area contributed by atoms with Crippen LogP contribution in [0.25, 0.3) is 0 Å². The molecular weight excluding hydrogens is 406 g/mol. The lowest BCUT2D eigenvalue weighted by atomic mass is 9.88. The van der Waals surface area contributed by atoms with Gasteiger partial charge in [-0.1, -0.05) is 74.5 Å². The maximum Gasteiger partial charge on any atom is 0.325 e. The molecule has 0 aliphatic rings. The van der Waals surface area contributed by atoms with Gasteiger partial charge in [0.1, 0.15) is 12.6 Å². The van der Waals surface area contributed by atoms with E-state index in [9.17, 15) is 14.4 Å². The summed E-state index contributed by atoms with van der Waals surface area (Å²) in [7, 11) is 0. The van der Waals surface area contributed by atoms with Gasteiger partial charge in [0.05, 0.1) is 6.61 Å². The zero-order valence-electron chi connectivity index (χ0n) is 19.0. The smallest absolute Gasteiger partial charge is 0.325 e. The van der Waals surface area contributed by atoms with Crippen molar-refractivity contribution in [3.05, 3.63) is 71.8 Å². The SMILES string of the molecule is CCOC(=O)CNC(=O)NC(C(=O)NCCC(c1ccccc1)c1ccccc1)C(C)C. The van der Waals surface area contributed by atoms with Crippen LogP contribution in [-0.2, 0) is 14.3 Å². The molecule has 0 aliphatic heterocycles. The Bertz CT molecular complexity index is 817. The third-order valence-corrected chi connectivity index (χ3v) is 5.07. The quantitative estimate of drug-likeness (QED) is 0.469. The summed E-state index contributed by atoms with van der Waals surface area (Å²) in [6, 6.07) is 19.1. The second-order valence-electron chi connectivity index (χ2n) is 7.81. The highest BCUT2D eigenvalue weighted by Gasteiger charge is 2.24. The predicted octanol–water partition coefficient (Wildman–Crippen LogP) is 3.21. The lowest BCUT2D eigenvalue weighted by molar-refractivity contribution is -0.141. The van der Waals surface area contributed by atoms with E-state index in [4.69, 9.17) is 4.74 Å². The van der Waals surface area contributed by atoms with Crippen LogP contribution >= 0.6 is 0 Å². The highest BCUT2D eigenvalue weighted by molar-refractivity contribution is 5.88. The van der Waals surface area contributed by atoms with Crippen LogP contribution in [0.5, 0.6) is 0 Å². The van der Waals surface area contributed by atoms with Crippen molar-refractivity contribution in [2.75, 3.05) is 19.7 Å². The Hall–Kier alpha value is -3.35. The molecule has 2 rings (SSSR count). The van der Waals surface area contributed by atoms with Gasteiger partial charge in [0.15, 0.2) is 0 Å². The maximum atomic E-state index is 12.8. The van der Waals surface area contributed by atoms with Crippen LogP contribution in [0.1, 0.15) is 44.2 Å². The zero-order valence-corrected chi connectivity index (χ0v) is 19.0. The molecule has 3 amide bonds. The van der Waals surface area contributed by atoms with E-state index in [1.165, 1.54) is 11.1 Å². The first kappa shape index (κ1) is 24.9. The van der Waals surface area contributed by atoms with Crippen molar-refractivity contribution in [1.29, 1.82) is 0 Å². The van der Waals surface area contributed by atoms with Crippen LogP contribution < -0.4 is 16.0 Å². The van der Waals surface area contributed by atoms with Crippen molar-refractivity contribution in [2.45, 2.75) is 39.2 Å². The van der Waals surface area contributed by atoms with Gasteiger partial charge in [-0.3, -0.25) is 9.59 Å². The number of carbonyl (C=O) groups is 3. The Morgan fingerprint density at radius 2 is 1.44 bits per heavy atom. The Morgan fingerprint density at radius 3 is 1.94 bits per heavy atom. The van der Waals surface area contributed by atoms with Gasteiger partial charge in [0.25, 0.3) is 0 Å². The second-order valence-corrected chi connectivity index (χ2v) is 7.81. The lowest BCUT2D eigenvalue weighted by Gasteiger charge is -2.23. The molecule has 0 saturated carbocycles. The van der Waals surface area contributed by atoms with Gasteiger partial charge in [-0.25, -0.2) is 4.79 Å². The molecule has 7 nitrogen and oxygen atoms in total. The van der Waals surface area contributed by atoms with Gasteiger partial charge in [-0.2, -0.15) is 0 Å². The molecule has 0 fully saturated rings. The van der Waals surface area contributed by atoms with E-state index in [1.54, 1.807) is 6.92 Å². The minimum absolute atomic E-state index is 0.123. The molecule has 2 aromatic carbocycles. The van der Waals surface area contributed by atoms with Gasteiger partial charge in [0, 0.05) is 12.5 Å². The molecule has 1 atom stereocenters. The van der Waals surface area contributed by atoms with Crippen LogP contribution in [0, 0.1) is 5.92 Å². The summed E-state index contributed by atoms with van der Waals surface area (Å²) >= 11 is 0. The predicted molar refractivity (Wildman–Crippen MR) is 124 cm³/mol. The number of carbonyl (C=O) groups excluding carboxylic acids is 3. The van der Waals surface area contributed by atoms with Gasteiger partial charge in [0.2, 0.25) is 5.91 Å². The molecule has 1 unspecified atom stereocenters. The summed E-state index contributed by atoms with van der Waals surface area (Å²) < 4.78 is 4.78. The summed E-state index contributed by atoms with van der Waals surface area (Å²) in [5, 5.41) is 8.02.